The van der Waals surface area contributed by atoms with E-state index < -0.39 is 0 Å². The molecule has 0 fully saturated rings. The number of hydrogen-bond donors (Lipinski definition) is 2. The number of aliphatic hydroxyl groups is 1. The molecule has 4 nitrogen and oxygen atoms in total. The Kier molecular flexibility index (Phi) is 5.94. The van der Waals surface area contributed by atoms with Crippen LogP contribution < -0.4 is 5.32 Å². The average Bonchev–Trinajstić information content (AvgIpc) is 2.34. The third-order valence-corrected chi connectivity index (χ3v) is 2.82. The number of amides is 1. The maximum Gasteiger partial charge on any atom is 0.269 e. The molecule has 17 heavy (non-hydrogen) atoms. The molecule has 2 N–H and O–H groups in total. The zero-order chi connectivity index (χ0) is 12.7. The topological polar surface area (TPSA) is 62.2 Å². The number of halogens is 1. The summed E-state index contributed by atoms with van der Waals surface area (Å²) in [5.41, 5.74) is 0.316. The predicted molar refractivity (Wildman–Crippen MR) is 67.1 cm³/mol. The van der Waals surface area contributed by atoms with Gasteiger partial charge in [0, 0.05) is 13.2 Å². The normalized spacial score (nSPS) is 12.2. The Morgan fingerprint density at radius 1 is 1.59 bits per heavy atom. The standard InChI is InChI=1S/C12H17ClN2O2/c1-2-9(6-7-16)8-14-12(17)10-4-3-5-11(13)15-10/h3-5,9,16H,2,6-8H2,1H3,(H,14,17). The number of carbonyl (C=O) groups excluding carboxylic acids is 1. The fourth-order valence-corrected chi connectivity index (χ4v) is 1.66. The van der Waals surface area contributed by atoms with E-state index in [1.807, 2.05) is 6.92 Å². The fourth-order valence-electron chi connectivity index (χ4n) is 1.50. The second kappa shape index (κ2) is 7.25. The lowest BCUT2D eigenvalue weighted by Crippen LogP contribution is -2.30. The molecule has 1 rings (SSSR count). The number of hydrogen-bond acceptors (Lipinski definition) is 3. The van der Waals surface area contributed by atoms with Crippen LogP contribution >= 0.6 is 11.6 Å². The summed E-state index contributed by atoms with van der Waals surface area (Å²) in [6.45, 7) is 2.72. The van der Waals surface area contributed by atoms with Crippen molar-refractivity contribution < 1.29 is 9.90 Å². The average molecular weight is 257 g/mol. The molecule has 0 aliphatic heterocycles. The van der Waals surface area contributed by atoms with Crippen LogP contribution in [-0.4, -0.2) is 29.1 Å². The van der Waals surface area contributed by atoms with E-state index in [9.17, 15) is 4.79 Å². The Labute approximate surface area is 106 Å². The van der Waals surface area contributed by atoms with E-state index in [1.165, 1.54) is 0 Å². The molecular formula is C12H17ClN2O2. The van der Waals surface area contributed by atoms with Crippen molar-refractivity contribution in [3.63, 3.8) is 0 Å². The molecular weight excluding hydrogens is 240 g/mol. The quantitative estimate of drug-likeness (QED) is 0.764. The maximum atomic E-state index is 11.7. The number of aromatic nitrogens is 1. The maximum absolute atomic E-state index is 11.7. The van der Waals surface area contributed by atoms with E-state index in [0.717, 1.165) is 6.42 Å². The number of carbonyl (C=O) groups is 1. The highest BCUT2D eigenvalue weighted by molar-refractivity contribution is 6.29. The van der Waals surface area contributed by atoms with Crippen LogP contribution in [0.5, 0.6) is 0 Å². The monoisotopic (exact) mass is 256 g/mol. The van der Waals surface area contributed by atoms with Crippen molar-refractivity contribution in [3.05, 3.63) is 29.0 Å². The van der Waals surface area contributed by atoms with E-state index in [0.29, 0.717) is 29.7 Å². The van der Waals surface area contributed by atoms with Gasteiger partial charge in [-0.3, -0.25) is 4.79 Å². The van der Waals surface area contributed by atoms with Crippen LogP contribution in [0.25, 0.3) is 0 Å². The summed E-state index contributed by atoms with van der Waals surface area (Å²) in [5, 5.41) is 11.9. The molecule has 0 saturated heterocycles. The van der Waals surface area contributed by atoms with Crippen LogP contribution in [0.1, 0.15) is 30.3 Å². The zero-order valence-electron chi connectivity index (χ0n) is 9.82. The van der Waals surface area contributed by atoms with Gasteiger partial charge in [0.05, 0.1) is 0 Å². The van der Waals surface area contributed by atoms with Crippen molar-refractivity contribution >= 4 is 17.5 Å². The van der Waals surface area contributed by atoms with Gasteiger partial charge in [0.25, 0.3) is 5.91 Å². The Morgan fingerprint density at radius 3 is 2.94 bits per heavy atom. The molecule has 1 aromatic heterocycles. The lowest BCUT2D eigenvalue weighted by molar-refractivity contribution is 0.0938. The van der Waals surface area contributed by atoms with Gasteiger partial charge in [0.1, 0.15) is 10.8 Å². The largest absolute Gasteiger partial charge is 0.396 e. The minimum absolute atomic E-state index is 0.143. The van der Waals surface area contributed by atoms with Crippen molar-refractivity contribution in [3.8, 4) is 0 Å². The zero-order valence-corrected chi connectivity index (χ0v) is 10.6. The molecule has 1 aromatic rings. The SMILES string of the molecule is CCC(CCO)CNC(=O)c1cccc(Cl)n1. The lowest BCUT2D eigenvalue weighted by atomic mass is 10.0. The molecule has 1 unspecified atom stereocenters. The molecule has 0 spiro atoms. The van der Waals surface area contributed by atoms with E-state index in [1.54, 1.807) is 18.2 Å². The second-order valence-electron chi connectivity index (χ2n) is 3.84. The van der Waals surface area contributed by atoms with Crippen LogP contribution in [-0.2, 0) is 0 Å². The Balaban J connectivity index is 2.49. The molecule has 1 atom stereocenters. The van der Waals surface area contributed by atoms with Gasteiger partial charge in [0.2, 0.25) is 0 Å². The summed E-state index contributed by atoms with van der Waals surface area (Å²) in [4.78, 5) is 15.7. The van der Waals surface area contributed by atoms with Crippen molar-refractivity contribution in [2.75, 3.05) is 13.2 Å². The highest BCUT2D eigenvalue weighted by atomic mass is 35.5. The Bertz CT molecular complexity index is 371. The first kappa shape index (κ1) is 13.9. The summed E-state index contributed by atoms with van der Waals surface area (Å²) >= 11 is 5.70. The van der Waals surface area contributed by atoms with Gasteiger partial charge < -0.3 is 10.4 Å². The van der Waals surface area contributed by atoms with Gasteiger partial charge in [0.15, 0.2) is 0 Å². The van der Waals surface area contributed by atoms with E-state index >= 15 is 0 Å². The van der Waals surface area contributed by atoms with Gasteiger partial charge in [-0.2, -0.15) is 0 Å². The smallest absolute Gasteiger partial charge is 0.269 e. The van der Waals surface area contributed by atoms with Crippen LogP contribution in [0.15, 0.2) is 18.2 Å². The van der Waals surface area contributed by atoms with E-state index in [-0.39, 0.29) is 12.5 Å². The predicted octanol–water partition coefficient (Wildman–Crippen LogP) is 1.87. The molecule has 0 saturated carbocycles. The van der Waals surface area contributed by atoms with Gasteiger partial charge in [-0.15, -0.1) is 0 Å². The lowest BCUT2D eigenvalue weighted by Gasteiger charge is -2.13. The molecule has 0 bridgehead atoms. The molecule has 5 heteroatoms. The number of nitrogens with one attached hydrogen (secondary N) is 1. The van der Waals surface area contributed by atoms with Crippen LogP contribution in [0.4, 0.5) is 0 Å². The third kappa shape index (κ3) is 4.71. The Morgan fingerprint density at radius 2 is 2.35 bits per heavy atom. The summed E-state index contributed by atoms with van der Waals surface area (Å²) in [6.07, 6.45) is 1.61. The summed E-state index contributed by atoms with van der Waals surface area (Å²) < 4.78 is 0. The second-order valence-corrected chi connectivity index (χ2v) is 4.23. The van der Waals surface area contributed by atoms with Crippen LogP contribution in [0.3, 0.4) is 0 Å². The number of aliphatic hydroxyl groups excluding tert-OH is 1. The molecule has 1 heterocycles. The summed E-state index contributed by atoms with van der Waals surface area (Å²) in [6, 6.07) is 4.93. The highest BCUT2D eigenvalue weighted by Crippen LogP contribution is 2.07. The van der Waals surface area contributed by atoms with E-state index in [2.05, 4.69) is 10.3 Å². The number of rotatable bonds is 6. The van der Waals surface area contributed by atoms with Crippen LogP contribution in [0, 0.1) is 5.92 Å². The van der Waals surface area contributed by atoms with Crippen molar-refractivity contribution in [2.24, 2.45) is 5.92 Å². The molecule has 94 valence electrons. The van der Waals surface area contributed by atoms with Crippen molar-refractivity contribution in [1.82, 2.24) is 10.3 Å². The number of pyridine rings is 1. The molecule has 0 aromatic carbocycles. The Hall–Kier alpha value is -1.13. The van der Waals surface area contributed by atoms with Gasteiger partial charge in [-0.1, -0.05) is 31.0 Å². The van der Waals surface area contributed by atoms with Gasteiger partial charge >= 0.3 is 0 Å². The minimum atomic E-state index is -0.233. The first-order valence-electron chi connectivity index (χ1n) is 5.69. The van der Waals surface area contributed by atoms with Crippen molar-refractivity contribution in [2.45, 2.75) is 19.8 Å². The van der Waals surface area contributed by atoms with Gasteiger partial charge in [-0.25, -0.2) is 4.98 Å². The fraction of sp³-hybridized carbons (Fsp3) is 0.500. The summed E-state index contributed by atoms with van der Waals surface area (Å²) in [5.74, 6) is 0.0621. The first-order chi connectivity index (χ1) is 8.17. The summed E-state index contributed by atoms with van der Waals surface area (Å²) in [7, 11) is 0. The molecule has 1 amide bonds. The molecule has 0 aliphatic carbocycles. The molecule has 0 radical (unpaired) electrons. The third-order valence-electron chi connectivity index (χ3n) is 2.61. The minimum Gasteiger partial charge on any atom is -0.396 e. The van der Waals surface area contributed by atoms with Gasteiger partial charge in [-0.05, 0) is 24.5 Å². The number of nitrogens with zero attached hydrogens (tertiary/aromatic N) is 1. The molecule has 0 aliphatic rings. The first-order valence-corrected chi connectivity index (χ1v) is 6.06. The van der Waals surface area contributed by atoms with E-state index in [4.69, 9.17) is 16.7 Å². The highest BCUT2D eigenvalue weighted by Gasteiger charge is 2.10. The van der Waals surface area contributed by atoms with Crippen molar-refractivity contribution in [1.29, 1.82) is 0 Å². The van der Waals surface area contributed by atoms with Crippen LogP contribution in [0.2, 0.25) is 5.15 Å².